The van der Waals surface area contributed by atoms with Gasteiger partial charge < -0.3 is 15.4 Å². The summed E-state index contributed by atoms with van der Waals surface area (Å²) in [5.41, 5.74) is 6.85. The minimum Gasteiger partial charge on any atom is -0.462 e. The average Bonchev–Trinajstić information content (AvgIpc) is 2.39. The number of hydrogen-bond donors (Lipinski definition) is 1. The summed E-state index contributed by atoms with van der Waals surface area (Å²) in [6, 6.07) is 8.76. The van der Waals surface area contributed by atoms with E-state index in [-0.39, 0.29) is 30.9 Å². The van der Waals surface area contributed by atoms with Crippen LogP contribution >= 0.6 is 0 Å². The Morgan fingerprint density at radius 2 is 2.00 bits per heavy atom. The van der Waals surface area contributed by atoms with Gasteiger partial charge in [-0.1, -0.05) is 6.07 Å². The Labute approximate surface area is 111 Å². The number of nitrogens with zero attached hydrogens (tertiary/aromatic N) is 3. The van der Waals surface area contributed by atoms with Crippen LogP contribution < -0.4 is 10.6 Å². The molecule has 0 spiro atoms. The Hall–Kier alpha value is -2.73. The van der Waals surface area contributed by atoms with Crippen LogP contribution in [-0.2, 0) is 4.74 Å². The highest BCUT2D eigenvalue weighted by molar-refractivity contribution is 5.98. The summed E-state index contributed by atoms with van der Waals surface area (Å²) < 4.78 is 4.90. The van der Waals surface area contributed by atoms with Crippen molar-refractivity contribution < 1.29 is 9.53 Å². The van der Waals surface area contributed by atoms with Gasteiger partial charge in [0.25, 0.3) is 0 Å². The molecule has 0 aliphatic carbocycles. The number of nitrogen functional groups attached to an aromatic ring is 1. The first-order valence-corrected chi connectivity index (χ1v) is 5.70. The van der Waals surface area contributed by atoms with E-state index < -0.39 is 5.97 Å². The summed E-state index contributed by atoms with van der Waals surface area (Å²) in [4.78, 5) is 13.2. The Morgan fingerprint density at radius 3 is 2.53 bits per heavy atom. The number of carbonyl (C=O) groups is 1. The third-order valence-corrected chi connectivity index (χ3v) is 2.44. The van der Waals surface area contributed by atoms with Gasteiger partial charge in [-0.05, 0) is 19.1 Å². The molecule has 6 nitrogen and oxygen atoms in total. The van der Waals surface area contributed by atoms with Crippen molar-refractivity contribution in [3.05, 3.63) is 23.8 Å². The predicted octanol–water partition coefficient (Wildman–Crippen LogP) is 1.30. The molecule has 2 N–H and O–H groups in total. The molecule has 98 valence electrons. The number of ether oxygens (including phenoxy) is 1. The molecule has 0 aromatic heterocycles. The van der Waals surface area contributed by atoms with Crippen molar-refractivity contribution in [2.45, 2.75) is 6.92 Å². The summed E-state index contributed by atoms with van der Waals surface area (Å²) in [6.45, 7) is 1.99. The lowest BCUT2D eigenvalue weighted by atomic mass is 10.1. The van der Waals surface area contributed by atoms with E-state index in [1.54, 1.807) is 25.1 Å². The molecular weight excluding hydrogens is 244 g/mol. The number of carbonyl (C=O) groups excluding carboxylic acids is 1. The fraction of sp³-hybridized carbons (Fsp3) is 0.308. The maximum Gasteiger partial charge on any atom is 0.340 e. The van der Waals surface area contributed by atoms with Crippen LogP contribution in [0.1, 0.15) is 17.3 Å². The van der Waals surface area contributed by atoms with Crippen LogP contribution in [0.2, 0.25) is 0 Å². The molecule has 0 atom stereocenters. The summed E-state index contributed by atoms with van der Waals surface area (Å²) in [5, 5.41) is 17.5. The van der Waals surface area contributed by atoms with E-state index in [0.29, 0.717) is 5.69 Å². The molecule has 1 rings (SSSR count). The molecule has 0 amide bonds. The summed E-state index contributed by atoms with van der Waals surface area (Å²) in [5.74, 6) is -0.518. The number of hydrogen-bond acceptors (Lipinski definition) is 6. The fourth-order valence-corrected chi connectivity index (χ4v) is 1.61. The molecule has 0 radical (unpaired) electrons. The van der Waals surface area contributed by atoms with Gasteiger partial charge in [0.15, 0.2) is 0 Å². The zero-order valence-electron chi connectivity index (χ0n) is 10.6. The molecule has 0 bridgehead atoms. The zero-order valence-corrected chi connectivity index (χ0v) is 10.6. The highest BCUT2D eigenvalue weighted by Gasteiger charge is 2.16. The van der Waals surface area contributed by atoms with Crippen LogP contribution in [-0.4, -0.2) is 25.7 Å². The standard InChI is InChI=1S/C13H14N4O2/c1-2-19-13(18)10-4-3-5-11(12(10)16)17(8-6-14)9-7-15/h3-5H,2,8-9,16H2,1H3. The lowest BCUT2D eigenvalue weighted by Crippen LogP contribution is -2.25. The van der Waals surface area contributed by atoms with Crippen molar-refractivity contribution in [1.82, 2.24) is 0 Å². The maximum atomic E-state index is 11.7. The van der Waals surface area contributed by atoms with E-state index >= 15 is 0 Å². The second-order valence-electron chi connectivity index (χ2n) is 3.63. The highest BCUT2D eigenvalue weighted by atomic mass is 16.5. The van der Waals surface area contributed by atoms with Crippen molar-refractivity contribution in [1.29, 1.82) is 10.5 Å². The first-order valence-electron chi connectivity index (χ1n) is 5.70. The number of para-hydroxylation sites is 1. The number of nitrogens with two attached hydrogens (primary N) is 1. The number of benzene rings is 1. The van der Waals surface area contributed by atoms with Crippen molar-refractivity contribution in [2.75, 3.05) is 30.3 Å². The molecule has 0 saturated heterocycles. The van der Waals surface area contributed by atoms with Gasteiger partial charge in [0.1, 0.15) is 13.1 Å². The number of anilines is 2. The van der Waals surface area contributed by atoms with Gasteiger partial charge in [-0.2, -0.15) is 10.5 Å². The smallest absolute Gasteiger partial charge is 0.340 e. The first kappa shape index (κ1) is 14.3. The van der Waals surface area contributed by atoms with Gasteiger partial charge in [0, 0.05) is 0 Å². The molecule has 0 aliphatic heterocycles. The molecule has 19 heavy (non-hydrogen) atoms. The molecule has 0 aliphatic rings. The van der Waals surface area contributed by atoms with Gasteiger partial charge in [-0.15, -0.1) is 0 Å². The Balaban J connectivity index is 3.16. The maximum absolute atomic E-state index is 11.7. The molecule has 1 aromatic rings. The lowest BCUT2D eigenvalue weighted by Gasteiger charge is -2.21. The first-order chi connectivity index (χ1) is 9.15. The fourth-order valence-electron chi connectivity index (χ4n) is 1.61. The van der Waals surface area contributed by atoms with Crippen LogP contribution in [0.5, 0.6) is 0 Å². The average molecular weight is 258 g/mol. The van der Waals surface area contributed by atoms with Crippen LogP contribution in [0, 0.1) is 22.7 Å². The summed E-state index contributed by atoms with van der Waals surface area (Å²) >= 11 is 0. The van der Waals surface area contributed by atoms with Crippen LogP contribution in [0.4, 0.5) is 11.4 Å². The van der Waals surface area contributed by atoms with Gasteiger partial charge in [-0.3, -0.25) is 0 Å². The van der Waals surface area contributed by atoms with E-state index in [1.165, 1.54) is 4.90 Å². The van der Waals surface area contributed by atoms with E-state index in [1.807, 2.05) is 12.1 Å². The molecule has 0 unspecified atom stereocenters. The second-order valence-corrected chi connectivity index (χ2v) is 3.63. The zero-order chi connectivity index (χ0) is 14.3. The van der Waals surface area contributed by atoms with E-state index in [2.05, 4.69) is 0 Å². The third kappa shape index (κ3) is 3.36. The van der Waals surface area contributed by atoms with Crippen molar-refractivity contribution >= 4 is 17.3 Å². The Morgan fingerprint density at radius 1 is 1.37 bits per heavy atom. The number of nitriles is 2. The Kier molecular flexibility index (Phi) is 5.18. The molecular formula is C13H14N4O2. The molecule has 1 aromatic carbocycles. The van der Waals surface area contributed by atoms with Crippen LogP contribution in [0.25, 0.3) is 0 Å². The number of rotatable bonds is 5. The Bertz CT molecular complexity index is 527. The van der Waals surface area contributed by atoms with E-state index in [4.69, 9.17) is 21.0 Å². The summed E-state index contributed by atoms with van der Waals surface area (Å²) in [6.07, 6.45) is 0. The van der Waals surface area contributed by atoms with E-state index in [9.17, 15) is 4.79 Å². The van der Waals surface area contributed by atoms with Crippen LogP contribution in [0.15, 0.2) is 18.2 Å². The van der Waals surface area contributed by atoms with Crippen LogP contribution in [0.3, 0.4) is 0 Å². The quantitative estimate of drug-likeness (QED) is 0.485. The lowest BCUT2D eigenvalue weighted by molar-refractivity contribution is 0.0527. The SMILES string of the molecule is CCOC(=O)c1cccc(N(CC#N)CC#N)c1N. The van der Waals surface area contributed by atoms with Crippen molar-refractivity contribution in [3.8, 4) is 12.1 Å². The predicted molar refractivity (Wildman–Crippen MR) is 70.2 cm³/mol. The minimum absolute atomic E-state index is 0.0179. The molecule has 6 heteroatoms. The van der Waals surface area contributed by atoms with Gasteiger partial charge >= 0.3 is 5.97 Å². The molecule has 0 heterocycles. The normalized spacial score (nSPS) is 9.21. The van der Waals surface area contributed by atoms with Crippen molar-refractivity contribution in [3.63, 3.8) is 0 Å². The topological polar surface area (TPSA) is 103 Å². The van der Waals surface area contributed by atoms with Gasteiger partial charge in [0.05, 0.1) is 35.7 Å². The molecule has 0 fully saturated rings. The second kappa shape index (κ2) is 6.87. The third-order valence-electron chi connectivity index (χ3n) is 2.44. The minimum atomic E-state index is -0.518. The van der Waals surface area contributed by atoms with Gasteiger partial charge in [-0.25, -0.2) is 4.79 Å². The largest absolute Gasteiger partial charge is 0.462 e. The van der Waals surface area contributed by atoms with Gasteiger partial charge in [0.2, 0.25) is 0 Å². The number of esters is 1. The monoisotopic (exact) mass is 258 g/mol. The van der Waals surface area contributed by atoms with Crippen molar-refractivity contribution in [2.24, 2.45) is 0 Å². The highest BCUT2D eigenvalue weighted by Crippen LogP contribution is 2.27. The van der Waals surface area contributed by atoms with E-state index in [0.717, 1.165) is 0 Å². The molecule has 0 saturated carbocycles. The summed E-state index contributed by atoms with van der Waals surface area (Å²) in [7, 11) is 0.